The molecule has 120 valence electrons. The molecule has 0 unspecified atom stereocenters. The first-order valence-corrected chi connectivity index (χ1v) is 5.73. The molecule has 0 fully saturated rings. The van der Waals surface area contributed by atoms with Crippen molar-refractivity contribution in [3.8, 4) is 17.6 Å². The zero-order valence-electron chi connectivity index (χ0n) is 11.5. The largest absolute Gasteiger partial charge is 0.506 e. The number of rotatable bonds is 3. The van der Waals surface area contributed by atoms with Crippen LogP contribution in [-0.2, 0) is 4.79 Å². The molecule has 1 aromatic rings. The Morgan fingerprint density at radius 2 is 1.96 bits per heavy atom. The second-order valence-electron chi connectivity index (χ2n) is 4.16. The molecular weight excluding hydrogens is 312 g/mol. The number of nitrogens with two attached hydrogens (primary N) is 1. The van der Waals surface area contributed by atoms with E-state index in [-0.39, 0.29) is 0 Å². The quantitative estimate of drug-likeness (QED) is 0.153. The Morgan fingerprint density at radius 3 is 2.39 bits per heavy atom. The number of carbonyl (C=O) groups is 2. The number of aliphatic hydroxyl groups excluding tert-OH is 1. The number of phenolic OH excluding ortho intramolecular Hbond substituents is 2. The van der Waals surface area contributed by atoms with Crippen molar-refractivity contribution >= 4 is 23.4 Å². The van der Waals surface area contributed by atoms with Crippen LogP contribution in [0.2, 0.25) is 0 Å². The van der Waals surface area contributed by atoms with Crippen molar-refractivity contribution in [2.75, 3.05) is 7.05 Å². The SMILES string of the molecule is CN(C(N)=O)C(=O)/C(C#N)=C(\O)c1cc(O)c(O)c([N+](=O)[O-])c1. The minimum Gasteiger partial charge on any atom is -0.506 e. The Balaban J connectivity index is 3.55. The van der Waals surface area contributed by atoms with E-state index in [0.717, 1.165) is 7.05 Å². The van der Waals surface area contributed by atoms with Gasteiger partial charge < -0.3 is 21.1 Å². The number of hydrogen-bond donors (Lipinski definition) is 4. The van der Waals surface area contributed by atoms with Crippen molar-refractivity contribution < 1.29 is 29.8 Å². The highest BCUT2D eigenvalue weighted by atomic mass is 16.6. The van der Waals surface area contributed by atoms with Crippen molar-refractivity contribution in [3.05, 3.63) is 33.4 Å². The highest BCUT2D eigenvalue weighted by Gasteiger charge is 2.26. The number of benzene rings is 1. The Bertz CT molecular complexity index is 778. The van der Waals surface area contributed by atoms with Gasteiger partial charge in [-0.1, -0.05) is 0 Å². The predicted molar refractivity (Wildman–Crippen MR) is 73.9 cm³/mol. The monoisotopic (exact) mass is 322 g/mol. The molecule has 0 atom stereocenters. The molecule has 0 aliphatic heterocycles. The van der Waals surface area contributed by atoms with Crippen molar-refractivity contribution in [1.82, 2.24) is 4.90 Å². The molecule has 23 heavy (non-hydrogen) atoms. The van der Waals surface area contributed by atoms with Crippen LogP contribution in [0.15, 0.2) is 17.7 Å². The van der Waals surface area contributed by atoms with Crippen LogP contribution < -0.4 is 5.73 Å². The van der Waals surface area contributed by atoms with Crippen LogP contribution >= 0.6 is 0 Å². The Morgan fingerprint density at radius 1 is 1.39 bits per heavy atom. The van der Waals surface area contributed by atoms with Gasteiger partial charge in [-0.2, -0.15) is 5.26 Å². The summed E-state index contributed by atoms with van der Waals surface area (Å²) in [5, 5.41) is 48.4. The van der Waals surface area contributed by atoms with Gasteiger partial charge in [-0.05, 0) is 6.07 Å². The molecule has 0 saturated carbocycles. The zero-order chi connectivity index (χ0) is 17.9. The molecule has 0 bridgehead atoms. The lowest BCUT2D eigenvalue weighted by molar-refractivity contribution is -0.386. The third kappa shape index (κ3) is 3.27. The normalized spacial score (nSPS) is 11.1. The number of nitriles is 1. The summed E-state index contributed by atoms with van der Waals surface area (Å²) in [5.74, 6) is -4.30. The van der Waals surface area contributed by atoms with Gasteiger partial charge >= 0.3 is 11.7 Å². The minimum atomic E-state index is -1.26. The van der Waals surface area contributed by atoms with Crippen LogP contribution in [0, 0.1) is 21.4 Å². The molecule has 0 aliphatic rings. The van der Waals surface area contributed by atoms with Crippen molar-refractivity contribution in [3.63, 3.8) is 0 Å². The molecule has 0 aromatic heterocycles. The minimum absolute atomic E-state index is 0.337. The lowest BCUT2D eigenvalue weighted by Gasteiger charge is -2.12. The van der Waals surface area contributed by atoms with Gasteiger partial charge in [-0.25, -0.2) is 4.79 Å². The summed E-state index contributed by atoms with van der Waals surface area (Å²) in [7, 11) is 0.950. The van der Waals surface area contributed by atoms with Crippen LogP contribution in [0.25, 0.3) is 5.76 Å². The van der Waals surface area contributed by atoms with Gasteiger partial charge in [0, 0.05) is 18.7 Å². The Kier molecular flexibility index (Phi) is 4.73. The third-order valence-electron chi connectivity index (χ3n) is 2.74. The predicted octanol–water partition coefficient (Wildman–Crippen LogP) is 0.336. The smallest absolute Gasteiger partial charge is 0.321 e. The average Bonchev–Trinajstić information content (AvgIpc) is 2.48. The van der Waals surface area contributed by atoms with Gasteiger partial charge in [-0.15, -0.1) is 0 Å². The second-order valence-corrected chi connectivity index (χ2v) is 4.16. The summed E-state index contributed by atoms with van der Waals surface area (Å²) in [6, 6.07) is 1.48. The lowest BCUT2D eigenvalue weighted by Crippen LogP contribution is -2.38. The first kappa shape index (κ1) is 17.2. The first-order valence-electron chi connectivity index (χ1n) is 5.73. The lowest BCUT2D eigenvalue weighted by atomic mass is 10.1. The maximum absolute atomic E-state index is 11.8. The van der Waals surface area contributed by atoms with Crippen LogP contribution in [0.3, 0.4) is 0 Å². The van der Waals surface area contributed by atoms with Gasteiger partial charge in [-0.3, -0.25) is 19.8 Å². The number of phenols is 2. The van der Waals surface area contributed by atoms with Gasteiger partial charge in [0.05, 0.1) is 4.92 Å². The van der Waals surface area contributed by atoms with Crippen LogP contribution in [-0.4, -0.2) is 44.1 Å². The van der Waals surface area contributed by atoms with Gasteiger partial charge in [0.1, 0.15) is 11.8 Å². The van der Waals surface area contributed by atoms with E-state index in [0.29, 0.717) is 17.0 Å². The third-order valence-corrected chi connectivity index (χ3v) is 2.74. The van der Waals surface area contributed by atoms with Gasteiger partial charge in [0.25, 0.3) is 5.91 Å². The topological polar surface area (TPSA) is 191 Å². The fraction of sp³-hybridized carbons (Fsp3) is 0.0833. The number of urea groups is 1. The van der Waals surface area contributed by atoms with E-state index in [1.807, 2.05) is 0 Å². The molecular formula is C12H10N4O7. The standard InChI is InChI=1S/C12H10N4O7/c1-15(12(14)21)11(20)6(4-13)9(18)5-2-7(16(22)23)10(19)8(17)3-5/h2-3,17-19H,1H3,(H2,14,21)/b9-6-. The van der Waals surface area contributed by atoms with E-state index >= 15 is 0 Å². The number of primary amides is 1. The summed E-state index contributed by atoms with van der Waals surface area (Å²) in [6.45, 7) is 0. The summed E-state index contributed by atoms with van der Waals surface area (Å²) in [6.07, 6.45) is 0. The van der Waals surface area contributed by atoms with E-state index < -0.39 is 50.9 Å². The number of imide groups is 1. The summed E-state index contributed by atoms with van der Waals surface area (Å²) < 4.78 is 0. The molecule has 0 spiro atoms. The number of aromatic hydroxyl groups is 2. The molecule has 0 aliphatic carbocycles. The summed E-state index contributed by atoms with van der Waals surface area (Å²) in [5.41, 5.74) is 2.48. The Hall–Kier alpha value is -3.81. The maximum atomic E-state index is 11.8. The number of nitro groups is 1. The van der Waals surface area contributed by atoms with Gasteiger partial charge in [0.2, 0.25) is 5.75 Å². The van der Waals surface area contributed by atoms with E-state index in [2.05, 4.69) is 0 Å². The zero-order valence-corrected chi connectivity index (χ0v) is 11.5. The van der Waals surface area contributed by atoms with Crippen molar-refractivity contribution in [2.24, 2.45) is 5.73 Å². The van der Waals surface area contributed by atoms with Gasteiger partial charge in [0.15, 0.2) is 11.3 Å². The Labute approximate surface area is 128 Å². The average molecular weight is 322 g/mol. The molecule has 3 amide bonds. The van der Waals surface area contributed by atoms with Crippen LogP contribution in [0.5, 0.6) is 11.5 Å². The molecule has 11 heteroatoms. The number of aliphatic hydroxyl groups is 1. The number of nitrogens with zero attached hydrogens (tertiary/aromatic N) is 3. The number of amides is 3. The molecule has 0 saturated heterocycles. The fourth-order valence-corrected chi connectivity index (χ4v) is 1.49. The molecule has 0 heterocycles. The van der Waals surface area contributed by atoms with E-state index in [9.17, 15) is 35.0 Å². The van der Waals surface area contributed by atoms with Crippen LogP contribution in [0.4, 0.5) is 10.5 Å². The summed E-state index contributed by atoms with van der Waals surface area (Å²) in [4.78, 5) is 32.8. The molecule has 11 nitrogen and oxygen atoms in total. The molecule has 1 rings (SSSR count). The molecule has 5 N–H and O–H groups in total. The number of carbonyl (C=O) groups excluding carboxylic acids is 2. The number of nitro benzene ring substituents is 1. The molecule has 1 aromatic carbocycles. The fourth-order valence-electron chi connectivity index (χ4n) is 1.49. The van der Waals surface area contributed by atoms with Crippen molar-refractivity contribution in [2.45, 2.75) is 0 Å². The molecule has 0 radical (unpaired) electrons. The number of hydrogen-bond acceptors (Lipinski definition) is 8. The maximum Gasteiger partial charge on any atom is 0.321 e. The van der Waals surface area contributed by atoms with Crippen molar-refractivity contribution in [1.29, 1.82) is 5.26 Å². The van der Waals surface area contributed by atoms with Crippen LogP contribution in [0.1, 0.15) is 5.56 Å². The second kappa shape index (κ2) is 6.31. The highest BCUT2D eigenvalue weighted by molar-refractivity contribution is 6.09. The van der Waals surface area contributed by atoms with E-state index in [1.165, 1.54) is 6.07 Å². The first-order chi connectivity index (χ1) is 10.6. The number of likely N-dealkylation sites (N-methyl/N-ethyl adjacent to an activating group) is 1. The van der Waals surface area contributed by atoms with E-state index in [4.69, 9.17) is 11.0 Å². The van der Waals surface area contributed by atoms with E-state index in [1.54, 1.807) is 0 Å². The summed E-state index contributed by atoms with van der Waals surface area (Å²) >= 11 is 0. The highest BCUT2D eigenvalue weighted by Crippen LogP contribution is 2.38.